The molecule has 1 fully saturated rings. The van der Waals surface area contributed by atoms with Gasteiger partial charge in [0.1, 0.15) is 0 Å². The average molecular weight is 142 g/mol. The first-order chi connectivity index (χ1) is 4.79. The highest BCUT2D eigenvalue weighted by molar-refractivity contribution is 4.82. The third-order valence-electron chi connectivity index (χ3n) is 2.92. The van der Waals surface area contributed by atoms with Crippen molar-refractivity contribution >= 4 is 0 Å². The summed E-state index contributed by atoms with van der Waals surface area (Å²) in [6, 6.07) is 0. The van der Waals surface area contributed by atoms with Crippen molar-refractivity contribution in [1.29, 1.82) is 0 Å². The van der Waals surface area contributed by atoms with Crippen LogP contribution < -0.4 is 0 Å². The summed E-state index contributed by atoms with van der Waals surface area (Å²) in [6.07, 6.45) is 4.80. The summed E-state index contributed by atoms with van der Waals surface area (Å²) < 4.78 is 0. The minimum atomic E-state index is 0.00926. The van der Waals surface area contributed by atoms with Crippen LogP contribution in [0.1, 0.15) is 39.5 Å². The van der Waals surface area contributed by atoms with E-state index in [1.54, 1.807) is 0 Å². The Morgan fingerprint density at radius 1 is 1.10 bits per heavy atom. The van der Waals surface area contributed by atoms with E-state index in [1.165, 1.54) is 12.8 Å². The van der Waals surface area contributed by atoms with E-state index in [4.69, 9.17) is 0 Å². The minimum absolute atomic E-state index is 0.00926. The Balaban J connectivity index is 2.41. The van der Waals surface area contributed by atoms with Crippen molar-refractivity contribution in [3.05, 3.63) is 0 Å². The molecule has 0 radical (unpaired) electrons. The fourth-order valence-corrected chi connectivity index (χ4v) is 2.05. The second-order valence-electron chi connectivity index (χ2n) is 3.40. The van der Waals surface area contributed by atoms with Crippen LogP contribution in [-0.4, -0.2) is 11.2 Å². The first-order valence-corrected chi connectivity index (χ1v) is 4.47. The predicted molar refractivity (Wildman–Crippen MR) is 42.8 cm³/mol. The third-order valence-corrected chi connectivity index (χ3v) is 2.92. The highest BCUT2D eigenvalue weighted by atomic mass is 16.3. The molecule has 1 rings (SSSR count). The van der Waals surface area contributed by atoms with Gasteiger partial charge in [-0.25, -0.2) is 0 Å². The Morgan fingerprint density at radius 2 is 1.50 bits per heavy atom. The van der Waals surface area contributed by atoms with E-state index in [1.807, 2.05) is 0 Å². The summed E-state index contributed by atoms with van der Waals surface area (Å²) in [7, 11) is 0. The van der Waals surface area contributed by atoms with E-state index in [0.717, 1.165) is 12.8 Å². The van der Waals surface area contributed by atoms with Gasteiger partial charge in [0.25, 0.3) is 0 Å². The Labute approximate surface area is 63.4 Å². The molecule has 0 aromatic carbocycles. The zero-order valence-electron chi connectivity index (χ0n) is 7.01. The smallest absolute Gasteiger partial charge is 0.0596 e. The topological polar surface area (TPSA) is 20.2 Å². The summed E-state index contributed by atoms with van der Waals surface area (Å²) in [5.41, 5.74) is 0. The van der Waals surface area contributed by atoms with Crippen LogP contribution >= 0.6 is 0 Å². The summed E-state index contributed by atoms with van der Waals surface area (Å²) in [5.74, 6) is 1.20. The van der Waals surface area contributed by atoms with Gasteiger partial charge in [0, 0.05) is 0 Å². The molecule has 0 saturated heterocycles. The van der Waals surface area contributed by atoms with Gasteiger partial charge < -0.3 is 5.11 Å². The highest BCUT2D eigenvalue weighted by Crippen LogP contribution is 2.34. The van der Waals surface area contributed by atoms with Crippen molar-refractivity contribution in [2.24, 2.45) is 11.8 Å². The van der Waals surface area contributed by atoms with Crippen molar-refractivity contribution in [3.63, 3.8) is 0 Å². The van der Waals surface area contributed by atoms with Gasteiger partial charge in [-0.15, -0.1) is 0 Å². The van der Waals surface area contributed by atoms with Crippen LogP contribution in [0.3, 0.4) is 0 Å². The lowest BCUT2D eigenvalue weighted by atomic mass is 9.97. The maximum Gasteiger partial charge on any atom is 0.0596 e. The highest BCUT2D eigenvalue weighted by Gasteiger charge is 2.31. The van der Waals surface area contributed by atoms with Crippen LogP contribution in [0.15, 0.2) is 0 Å². The Morgan fingerprint density at radius 3 is 1.70 bits per heavy atom. The molecule has 1 aliphatic rings. The number of hydrogen-bond donors (Lipinski definition) is 1. The standard InChI is InChI=1S/C9H18O/c1-3-7-5-6-8(4-2)9(7)10/h7-10H,3-6H2,1-2H3/t7-,8-/m1/s1. The van der Waals surface area contributed by atoms with Crippen molar-refractivity contribution in [2.45, 2.75) is 45.6 Å². The zero-order chi connectivity index (χ0) is 7.56. The molecule has 10 heavy (non-hydrogen) atoms. The van der Waals surface area contributed by atoms with E-state index in [-0.39, 0.29) is 6.10 Å². The molecule has 60 valence electrons. The molecule has 1 N–H and O–H groups in total. The number of rotatable bonds is 2. The van der Waals surface area contributed by atoms with Crippen LogP contribution in [0.25, 0.3) is 0 Å². The van der Waals surface area contributed by atoms with Gasteiger partial charge in [-0.2, -0.15) is 0 Å². The van der Waals surface area contributed by atoms with Crippen molar-refractivity contribution < 1.29 is 5.11 Å². The van der Waals surface area contributed by atoms with Crippen LogP contribution in [0, 0.1) is 11.8 Å². The SMILES string of the molecule is CC[C@@H]1CC[C@@H](CC)C1O. The van der Waals surface area contributed by atoms with Gasteiger partial charge in [-0.1, -0.05) is 26.7 Å². The second-order valence-corrected chi connectivity index (χ2v) is 3.40. The summed E-state index contributed by atoms with van der Waals surface area (Å²) >= 11 is 0. The molecular formula is C9H18O. The third kappa shape index (κ3) is 1.34. The average Bonchev–Trinajstić information content (AvgIpc) is 2.30. The lowest BCUT2D eigenvalue weighted by molar-refractivity contribution is 0.0878. The Kier molecular flexibility index (Phi) is 2.72. The van der Waals surface area contributed by atoms with Crippen LogP contribution in [0.4, 0.5) is 0 Å². The second kappa shape index (κ2) is 3.38. The van der Waals surface area contributed by atoms with E-state index < -0.39 is 0 Å². The molecule has 0 aromatic heterocycles. The monoisotopic (exact) mass is 142 g/mol. The van der Waals surface area contributed by atoms with Gasteiger partial charge >= 0.3 is 0 Å². The van der Waals surface area contributed by atoms with E-state index in [0.29, 0.717) is 11.8 Å². The summed E-state index contributed by atoms with van der Waals surface area (Å²) in [4.78, 5) is 0. The van der Waals surface area contributed by atoms with Gasteiger partial charge in [0.15, 0.2) is 0 Å². The molecule has 1 nitrogen and oxygen atoms in total. The van der Waals surface area contributed by atoms with Crippen molar-refractivity contribution in [1.82, 2.24) is 0 Å². The van der Waals surface area contributed by atoms with Crippen molar-refractivity contribution in [3.8, 4) is 0 Å². The predicted octanol–water partition coefficient (Wildman–Crippen LogP) is 2.19. The Bertz CT molecular complexity index is 88.9. The molecule has 0 heterocycles. The molecule has 0 spiro atoms. The molecule has 1 saturated carbocycles. The molecule has 2 atom stereocenters. The number of hydrogen-bond acceptors (Lipinski definition) is 1. The molecule has 1 heteroatoms. The molecule has 0 amide bonds. The van der Waals surface area contributed by atoms with E-state index in [2.05, 4.69) is 13.8 Å². The molecule has 1 aliphatic carbocycles. The normalized spacial score (nSPS) is 35.1. The lowest BCUT2D eigenvalue weighted by Crippen LogP contribution is -2.19. The van der Waals surface area contributed by atoms with Crippen LogP contribution in [-0.2, 0) is 0 Å². The van der Waals surface area contributed by atoms with Gasteiger partial charge in [0.2, 0.25) is 0 Å². The van der Waals surface area contributed by atoms with E-state index in [9.17, 15) is 5.11 Å². The first-order valence-electron chi connectivity index (χ1n) is 4.47. The maximum atomic E-state index is 9.65. The quantitative estimate of drug-likeness (QED) is 0.626. The summed E-state index contributed by atoms with van der Waals surface area (Å²) in [6.45, 7) is 4.35. The van der Waals surface area contributed by atoms with Gasteiger partial charge in [-0.3, -0.25) is 0 Å². The maximum absolute atomic E-state index is 9.65. The fourth-order valence-electron chi connectivity index (χ4n) is 2.05. The minimum Gasteiger partial charge on any atom is -0.393 e. The van der Waals surface area contributed by atoms with E-state index >= 15 is 0 Å². The number of aliphatic hydroxyl groups is 1. The number of aliphatic hydroxyl groups excluding tert-OH is 1. The first kappa shape index (κ1) is 8.06. The molecule has 0 aliphatic heterocycles. The summed E-state index contributed by atoms with van der Waals surface area (Å²) in [5, 5.41) is 9.65. The largest absolute Gasteiger partial charge is 0.393 e. The van der Waals surface area contributed by atoms with Gasteiger partial charge in [-0.05, 0) is 24.7 Å². The zero-order valence-corrected chi connectivity index (χ0v) is 7.01. The van der Waals surface area contributed by atoms with Crippen LogP contribution in [0.2, 0.25) is 0 Å². The molecule has 0 bridgehead atoms. The van der Waals surface area contributed by atoms with Crippen molar-refractivity contribution in [2.75, 3.05) is 0 Å². The fraction of sp³-hybridized carbons (Fsp3) is 1.00. The van der Waals surface area contributed by atoms with Gasteiger partial charge in [0.05, 0.1) is 6.10 Å². The Hall–Kier alpha value is -0.0400. The molecular weight excluding hydrogens is 124 g/mol. The molecule has 0 unspecified atom stereocenters. The van der Waals surface area contributed by atoms with Crippen LogP contribution in [0.5, 0.6) is 0 Å². The molecule has 0 aromatic rings. The lowest BCUT2D eigenvalue weighted by Gasteiger charge is -2.16.